The molecule has 0 amide bonds. The lowest BCUT2D eigenvalue weighted by Crippen LogP contribution is -2.55. The van der Waals surface area contributed by atoms with Crippen molar-refractivity contribution in [3.8, 4) is 0 Å². The van der Waals surface area contributed by atoms with E-state index in [-0.39, 0.29) is 0 Å². The number of hydrogen-bond donors (Lipinski definition) is 1. The van der Waals surface area contributed by atoms with Crippen LogP contribution < -0.4 is 5.32 Å². The zero-order chi connectivity index (χ0) is 12.3. The van der Waals surface area contributed by atoms with E-state index in [0.29, 0.717) is 6.04 Å². The van der Waals surface area contributed by atoms with E-state index >= 15 is 0 Å². The Morgan fingerprint density at radius 2 is 1.82 bits per heavy atom. The number of rotatable bonds is 3. The van der Waals surface area contributed by atoms with Crippen LogP contribution >= 0.6 is 0 Å². The van der Waals surface area contributed by atoms with Crippen molar-refractivity contribution < 1.29 is 0 Å². The van der Waals surface area contributed by atoms with Crippen LogP contribution in [0.25, 0.3) is 0 Å². The summed E-state index contributed by atoms with van der Waals surface area (Å²) >= 11 is 0. The maximum absolute atomic E-state index is 3.63. The summed E-state index contributed by atoms with van der Waals surface area (Å²) in [5, 5.41) is 3.63. The zero-order valence-electron chi connectivity index (χ0n) is 11.7. The number of likely N-dealkylation sites (N-methyl/N-ethyl adjacent to an activating group) is 2. The third-order valence-corrected chi connectivity index (χ3v) is 4.28. The van der Waals surface area contributed by atoms with E-state index in [1.807, 2.05) is 0 Å². The van der Waals surface area contributed by atoms with Crippen molar-refractivity contribution in [2.24, 2.45) is 0 Å². The van der Waals surface area contributed by atoms with Gasteiger partial charge in [0.15, 0.2) is 0 Å². The number of likely N-dealkylation sites (tertiary alicyclic amines) is 1. The minimum Gasteiger partial charge on any atom is -0.310 e. The summed E-state index contributed by atoms with van der Waals surface area (Å²) < 4.78 is 0. The average Bonchev–Trinajstić information content (AvgIpc) is 2.29. The number of hydrogen-bond acceptors (Lipinski definition) is 4. The molecule has 0 saturated carbocycles. The molecule has 4 heteroatoms. The molecular formula is C13H28N4. The van der Waals surface area contributed by atoms with Gasteiger partial charge in [-0.3, -0.25) is 0 Å². The van der Waals surface area contributed by atoms with Crippen molar-refractivity contribution in [2.75, 3.05) is 60.4 Å². The minimum absolute atomic E-state index is 0.651. The first kappa shape index (κ1) is 13.3. The predicted octanol–water partition coefficient (Wildman–Crippen LogP) is -0.0840. The molecule has 0 aromatic carbocycles. The van der Waals surface area contributed by atoms with Crippen LogP contribution in [0, 0.1) is 0 Å². The molecule has 17 heavy (non-hydrogen) atoms. The molecule has 0 spiro atoms. The fourth-order valence-electron chi connectivity index (χ4n) is 3.05. The maximum atomic E-state index is 3.63. The average molecular weight is 240 g/mol. The fraction of sp³-hybridized carbons (Fsp3) is 1.00. The van der Waals surface area contributed by atoms with Gasteiger partial charge in [-0.25, -0.2) is 0 Å². The first-order valence-corrected chi connectivity index (χ1v) is 6.96. The molecule has 2 aliphatic heterocycles. The van der Waals surface area contributed by atoms with Crippen molar-refractivity contribution in [1.29, 1.82) is 0 Å². The molecule has 2 fully saturated rings. The lowest BCUT2D eigenvalue weighted by atomic mass is 10.0. The first-order valence-electron chi connectivity index (χ1n) is 6.96. The molecule has 1 N–H and O–H groups in total. The van der Waals surface area contributed by atoms with Gasteiger partial charge >= 0.3 is 0 Å². The van der Waals surface area contributed by atoms with Crippen LogP contribution in [0.1, 0.15) is 12.8 Å². The third kappa shape index (κ3) is 3.91. The Bertz CT molecular complexity index is 225. The van der Waals surface area contributed by atoms with Crippen LogP contribution in [0.15, 0.2) is 0 Å². The predicted molar refractivity (Wildman–Crippen MR) is 72.4 cm³/mol. The molecule has 1 atom stereocenters. The van der Waals surface area contributed by atoms with Crippen molar-refractivity contribution in [3.63, 3.8) is 0 Å². The van der Waals surface area contributed by atoms with Crippen molar-refractivity contribution in [2.45, 2.75) is 24.9 Å². The smallest absolute Gasteiger partial charge is 0.0323 e. The van der Waals surface area contributed by atoms with Crippen LogP contribution in [0.2, 0.25) is 0 Å². The normalized spacial score (nSPS) is 30.0. The van der Waals surface area contributed by atoms with E-state index in [2.05, 4.69) is 41.2 Å². The zero-order valence-corrected chi connectivity index (χ0v) is 11.7. The Morgan fingerprint density at radius 1 is 1.12 bits per heavy atom. The summed E-state index contributed by atoms with van der Waals surface area (Å²) in [6.45, 7) is 7.23. The second kappa shape index (κ2) is 6.14. The second-order valence-electron chi connectivity index (χ2n) is 5.89. The molecule has 4 nitrogen and oxygen atoms in total. The molecule has 2 rings (SSSR count). The molecule has 0 radical (unpaired) electrons. The van der Waals surface area contributed by atoms with Crippen LogP contribution in [0.5, 0.6) is 0 Å². The van der Waals surface area contributed by atoms with Gasteiger partial charge in [0.2, 0.25) is 0 Å². The summed E-state index contributed by atoms with van der Waals surface area (Å²) in [7, 11) is 6.75. The van der Waals surface area contributed by atoms with Crippen LogP contribution in [0.4, 0.5) is 0 Å². The standard InChI is InChI=1S/C13H28N4/c1-15-7-4-13(5-8-15)17(3)11-12-10-16(2)9-6-14-12/h12-14H,4-11H2,1-3H3. The van der Waals surface area contributed by atoms with E-state index in [1.54, 1.807) is 0 Å². The summed E-state index contributed by atoms with van der Waals surface area (Å²) in [5.74, 6) is 0. The topological polar surface area (TPSA) is 21.8 Å². The lowest BCUT2D eigenvalue weighted by molar-refractivity contribution is 0.119. The highest BCUT2D eigenvalue weighted by molar-refractivity contribution is 4.83. The van der Waals surface area contributed by atoms with E-state index < -0.39 is 0 Å². The van der Waals surface area contributed by atoms with Crippen LogP contribution in [0.3, 0.4) is 0 Å². The molecule has 0 bridgehead atoms. The summed E-state index contributed by atoms with van der Waals surface area (Å²) in [6.07, 6.45) is 2.66. The molecule has 0 aliphatic carbocycles. The van der Waals surface area contributed by atoms with Crippen LogP contribution in [-0.4, -0.2) is 87.2 Å². The fourth-order valence-corrected chi connectivity index (χ4v) is 3.05. The van der Waals surface area contributed by atoms with Gasteiger partial charge in [-0.1, -0.05) is 0 Å². The summed E-state index contributed by atoms with van der Waals surface area (Å²) in [6, 6.07) is 1.44. The molecule has 0 aromatic heterocycles. The minimum atomic E-state index is 0.651. The summed E-state index contributed by atoms with van der Waals surface area (Å²) in [4.78, 5) is 7.45. The van der Waals surface area contributed by atoms with Crippen molar-refractivity contribution in [1.82, 2.24) is 20.0 Å². The largest absolute Gasteiger partial charge is 0.310 e. The van der Waals surface area contributed by atoms with E-state index in [9.17, 15) is 0 Å². The number of nitrogens with one attached hydrogen (secondary N) is 1. The Balaban J connectivity index is 1.74. The maximum Gasteiger partial charge on any atom is 0.0323 e. The third-order valence-electron chi connectivity index (χ3n) is 4.28. The highest BCUT2D eigenvalue weighted by atomic mass is 15.2. The molecule has 2 heterocycles. The highest BCUT2D eigenvalue weighted by Gasteiger charge is 2.24. The number of nitrogens with zero attached hydrogens (tertiary/aromatic N) is 3. The Hall–Kier alpha value is -0.160. The number of piperidine rings is 1. The second-order valence-corrected chi connectivity index (χ2v) is 5.89. The number of piperazine rings is 1. The van der Waals surface area contributed by atoms with Gasteiger partial charge in [0, 0.05) is 38.3 Å². The van der Waals surface area contributed by atoms with Crippen molar-refractivity contribution >= 4 is 0 Å². The first-order chi connectivity index (χ1) is 8.15. The van der Waals surface area contributed by atoms with Gasteiger partial charge in [0.25, 0.3) is 0 Å². The van der Waals surface area contributed by atoms with Gasteiger partial charge < -0.3 is 20.0 Å². The Labute approximate surface area is 106 Å². The molecule has 1 unspecified atom stereocenters. The lowest BCUT2D eigenvalue weighted by Gasteiger charge is -2.39. The van der Waals surface area contributed by atoms with E-state index in [4.69, 9.17) is 0 Å². The van der Waals surface area contributed by atoms with E-state index in [1.165, 1.54) is 45.6 Å². The van der Waals surface area contributed by atoms with Gasteiger partial charge in [0.1, 0.15) is 0 Å². The monoisotopic (exact) mass is 240 g/mol. The van der Waals surface area contributed by atoms with Gasteiger partial charge in [0.05, 0.1) is 0 Å². The molecule has 0 aromatic rings. The summed E-state index contributed by atoms with van der Waals surface area (Å²) in [5.41, 5.74) is 0. The highest BCUT2D eigenvalue weighted by Crippen LogP contribution is 2.14. The Morgan fingerprint density at radius 3 is 2.47 bits per heavy atom. The Kier molecular flexibility index (Phi) is 4.79. The van der Waals surface area contributed by atoms with E-state index in [0.717, 1.165) is 12.6 Å². The SMILES string of the molecule is CN1CCC(N(C)CC2CN(C)CCN2)CC1. The van der Waals surface area contributed by atoms with Gasteiger partial charge in [-0.2, -0.15) is 0 Å². The quantitative estimate of drug-likeness (QED) is 0.744. The van der Waals surface area contributed by atoms with Crippen LogP contribution in [-0.2, 0) is 0 Å². The molecule has 2 aliphatic rings. The van der Waals surface area contributed by atoms with Crippen molar-refractivity contribution in [3.05, 3.63) is 0 Å². The van der Waals surface area contributed by atoms with Gasteiger partial charge in [-0.15, -0.1) is 0 Å². The molecule has 2 saturated heterocycles. The molecule has 100 valence electrons. The van der Waals surface area contributed by atoms with Gasteiger partial charge in [-0.05, 0) is 47.1 Å². The molecular weight excluding hydrogens is 212 g/mol.